The van der Waals surface area contributed by atoms with Crippen LogP contribution in [0.25, 0.3) is 0 Å². The Morgan fingerprint density at radius 2 is 1.00 bits per heavy atom. The van der Waals surface area contributed by atoms with Crippen LogP contribution in [0.3, 0.4) is 0 Å². The number of aryl methyl sites for hydroxylation is 1. The van der Waals surface area contributed by atoms with E-state index in [1.807, 2.05) is 42.5 Å². The van der Waals surface area contributed by atoms with E-state index in [1.54, 1.807) is 0 Å². The van der Waals surface area contributed by atoms with E-state index in [9.17, 15) is 0 Å². The summed E-state index contributed by atoms with van der Waals surface area (Å²) in [5.41, 5.74) is 1.41. The predicted molar refractivity (Wildman–Crippen MR) is 62.3 cm³/mol. The third kappa shape index (κ3) is 4.46. The molecule has 0 aliphatic carbocycles. The fourth-order valence-electron chi connectivity index (χ4n) is 1.10. The van der Waals surface area contributed by atoms with E-state index in [4.69, 9.17) is 0 Å². The second-order valence-corrected chi connectivity index (χ2v) is 2.99. The topological polar surface area (TPSA) is 0 Å². The SMILES string of the molecule is CCc1ccccc1.c1ccccc1. The monoisotopic (exact) mass is 184 g/mol. The van der Waals surface area contributed by atoms with Gasteiger partial charge in [0.15, 0.2) is 0 Å². The first-order valence-corrected chi connectivity index (χ1v) is 4.97. The molecule has 0 aliphatic heterocycles. The van der Waals surface area contributed by atoms with Crippen LogP contribution in [0.5, 0.6) is 0 Å². The average Bonchev–Trinajstić information content (AvgIpc) is 2.33. The average molecular weight is 184 g/mol. The number of hydrogen-bond donors (Lipinski definition) is 0. The molecule has 0 aliphatic rings. The fraction of sp³-hybridized carbons (Fsp3) is 0.143. The lowest BCUT2D eigenvalue weighted by atomic mass is 10.2. The normalized spacial score (nSPS) is 8.64. The molecule has 0 atom stereocenters. The van der Waals surface area contributed by atoms with Gasteiger partial charge in [0.05, 0.1) is 0 Å². The van der Waals surface area contributed by atoms with E-state index in [0.29, 0.717) is 0 Å². The van der Waals surface area contributed by atoms with Crippen molar-refractivity contribution >= 4 is 0 Å². The smallest absolute Gasteiger partial charge is 0.0307 e. The van der Waals surface area contributed by atoms with Crippen LogP contribution < -0.4 is 0 Å². The summed E-state index contributed by atoms with van der Waals surface area (Å²) in [6, 6.07) is 22.5. The summed E-state index contributed by atoms with van der Waals surface area (Å²) in [6.45, 7) is 2.16. The van der Waals surface area contributed by atoms with Crippen molar-refractivity contribution in [2.45, 2.75) is 13.3 Å². The molecule has 0 saturated heterocycles. The molecule has 2 aromatic rings. The molecular formula is C14H16. The Labute approximate surface area is 86.2 Å². The van der Waals surface area contributed by atoms with E-state index in [0.717, 1.165) is 6.42 Å². The first kappa shape index (κ1) is 10.5. The minimum Gasteiger partial charge on any atom is -0.0623 e. The lowest BCUT2D eigenvalue weighted by Crippen LogP contribution is -1.73. The highest BCUT2D eigenvalue weighted by Crippen LogP contribution is 1.96. The van der Waals surface area contributed by atoms with Crippen molar-refractivity contribution in [2.75, 3.05) is 0 Å². The number of hydrogen-bond acceptors (Lipinski definition) is 0. The lowest BCUT2D eigenvalue weighted by Gasteiger charge is -1.89. The largest absolute Gasteiger partial charge is 0.0623 e. The molecule has 0 fully saturated rings. The van der Waals surface area contributed by atoms with Gasteiger partial charge in [0.25, 0.3) is 0 Å². The van der Waals surface area contributed by atoms with E-state index in [-0.39, 0.29) is 0 Å². The standard InChI is InChI=1S/C8H10.C6H6/c1-2-8-6-4-3-5-7-8;1-2-4-6-5-3-1/h3-7H,2H2,1H3;1-6H. The van der Waals surface area contributed by atoms with Gasteiger partial charge in [-0.05, 0) is 12.0 Å². The molecule has 0 bridgehead atoms. The van der Waals surface area contributed by atoms with E-state index in [1.165, 1.54) is 5.56 Å². The Morgan fingerprint density at radius 3 is 1.29 bits per heavy atom. The Balaban J connectivity index is 0.000000146. The van der Waals surface area contributed by atoms with Crippen molar-refractivity contribution < 1.29 is 0 Å². The van der Waals surface area contributed by atoms with Gasteiger partial charge in [-0.3, -0.25) is 0 Å². The maximum Gasteiger partial charge on any atom is -0.0307 e. The highest BCUT2D eigenvalue weighted by molar-refractivity contribution is 5.13. The lowest BCUT2D eigenvalue weighted by molar-refractivity contribution is 1.14. The van der Waals surface area contributed by atoms with Crippen LogP contribution in [-0.2, 0) is 6.42 Å². The Hall–Kier alpha value is -1.56. The molecule has 0 heterocycles. The van der Waals surface area contributed by atoms with Gasteiger partial charge in [-0.1, -0.05) is 73.7 Å². The van der Waals surface area contributed by atoms with Crippen LogP contribution in [0.1, 0.15) is 12.5 Å². The Bertz CT molecular complexity index is 284. The van der Waals surface area contributed by atoms with Crippen molar-refractivity contribution in [1.29, 1.82) is 0 Å². The van der Waals surface area contributed by atoms with Crippen LogP contribution in [0, 0.1) is 0 Å². The van der Waals surface area contributed by atoms with Gasteiger partial charge in [-0.15, -0.1) is 0 Å². The molecule has 0 nitrogen and oxygen atoms in total. The van der Waals surface area contributed by atoms with Crippen molar-refractivity contribution in [3.63, 3.8) is 0 Å². The minimum atomic E-state index is 1.14. The van der Waals surface area contributed by atoms with Gasteiger partial charge in [-0.2, -0.15) is 0 Å². The summed E-state index contributed by atoms with van der Waals surface area (Å²) in [4.78, 5) is 0. The van der Waals surface area contributed by atoms with Crippen LogP contribution in [0.2, 0.25) is 0 Å². The van der Waals surface area contributed by atoms with Gasteiger partial charge in [-0.25, -0.2) is 0 Å². The fourth-order valence-corrected chi connectivity index (χ4v) is 1.10. The van der Waals surface area contributed by atoms with Crippen molar-refractivity contribution in [3.8, 4) is 0 Å². The van der Waals surface area contributed by atoms with E-state index in [2.05, 4.69) is 31.2 Å². The number of benzene rings is 2. The van der Waals surface area contributed by atoms with Gasteiger partial charge < -0.3 is 0 Å². The maximum atomic E-state index is 2.16. The summed E-state index contributed by atoms with van der Waals surface area (Å²) >= 11 is 0. The first-order chi connectivity index (χ1) is 6.93. The molecule has 14 heavy (non-hydrogen) atoms. The minimum absolute atomic E-state index is 1.14. The zero-order valence-corrected chi connectivity index (χ0v) is 8.56. The van der Waals surface area contributed by atoms with Crippen LogP contribution in [0.4, 0.5) is 0 Å². The molecule has 0 amide bonds. The molecule has 0 saturated carbocycles. The highest BCUT2D eigenvalue weighted by atomic mass is 13.9. The van der Waals surface area contributed by atoms with Crippen molar-refractivity contribution in [3.05, 3.63) is 72.3 Å². The molecule has 0 radical (unpaired) electrons. The molecule has 2 aromatic carbocycles. The highest BCUT2D eigenvalue weighted by Gasteiger charge is 1.79. The second-order valence-electron chi connectivity index (χ2n) is 2.99. The third-order valence-corrected chi connectivity index (χ3v) is 1.92. The van der Waals surface area contributed by atoms with Gasteiger partial charge in [0, 0.05) is 0 Å². The van der Waals surface area contributed by atoms with Crippen LogP contribution in [0.15, 0.2) is 66.7 Å². The van der Waals surface area contributed by atoms with E-state index >= 15 is 0 Å². The van der Waals surface area contributed by atoms with Gasteiger partial charge in [0.1, 0.15) is 0 Å². The first-order valence-electron chi connectivity index (χ1n) is 4.97. The molecular weight excluding hydrogens is 168 g/mol. The summed E-state index contributed by atoms with van der Waals surface area (Å²) in [5, 5.41) is 0. The van der Waals surface area contributed by atoms with E-state index < -0.39 is 0 Å². The summed E-state index contributed by atoms with van der Waals surface area (Å²) in [7, 11) is 0. The molecule has 0 N–H and O–H groups in total. The molecule has 0 unspecified atom stereocenters. The second kappa shape index (κ2) is 6.90. The van der Waals surface area contributed by atoms with Crippen molar-refractivity contribution in [1.82, 2.24) is 0 Å². The number of rotatable bonds is 1. The quantitative estimate of drug-likeness (QED) is 0.629. The zero-order valence-electron chi connectivity index (χ0n) is 8.56. The molecule has 0 spiro atoms. The predicted octanol–water partition coefficient (Wildman–Crippen LogP) is 3.94. The Morgan fingerprint density at radius 1 is 0.643 bits per heavy atom. The van der Waals surface area contributed by atoms with Crippen molar-refractivity contribution in [2.24, 2.45) is 0 Å². The summed E-state index contributed by atoms with van der Waals surface area (Å²) in [5.74, 6) is 0. The summed E-state index contributed by atoms with van der Waals surface area (Å²) < 4.78 is 0. The van der Waals surface area contributed by atoms with Crippen LogP contribution >= 0.6 is 0 Å². The summed E-state index contributed by atoms with van der Waals surface area (Å²) in [6.07, 6.45) is 1.14. The maximum absolute atomic E-state index is 2.16. The zero-order chi connectivity index (χ0) is 10.1. The van der Waals surface area contributed by atoms with Gasteiger partial charge in [0.2, 0.25) is 0 Å². The molecule has 2 rings (SSSR count). The Kier molecular flexibility index (Phi) is 5.19. The molecule has 72 valence electrons. The molecule has 0 heteroatoms. The third-order valence-electron chi connectivity index (χ3n) is 1.92. The van der Waals surface area contributed by atoms with Gasteiger partial charge >= 0.3 is 0 Å². The molecule has 0 aromatic heterocycles. The van der Waals surface area contributed by atoms with Crippen LogP contribution in [-0.4, -0.2) is 0 Å².